The molecular formula is C23H22BrCl2N7O. The monoisotopic (exact) mass is 561 g/mol. The molecule has 8 nitrogen and oxygen atoms in total. The zero-order valence-corrected chi connectivity index (χ0v) is 21.7. The number of anilines is 2. The second-order valence-corrected chi connectivity index (χ2v) is 10.1. The van der Waals surface area contributed by atoms with Gasteiger partial charge in [-0.1, -0.05) is 29.3 Å². The first-order valence-corrected chi connectivity index (χ1v) is 12.4. The Hall–Kier alpha value is -2.46. The van der Waals surface area contributed by atoms with E-state index in [1.807, 2.05) is 23.9 Å². The van der Waals surface area contributed by atoms with Crippen LogP contribution in [-0.2, 0) is 0 Å². The number of halogens is 3. The van der Waals surface area contributed by atoms with Gasteiger partial charge in [0, 0.05) is 18.6 Å². The molecule has 1 aliphatic heterocycles. The largest absolute Gasteiger partial charge is 0.321 e. The standard InChI is InChI=1S/C23H22BrCl2N7O/c1-13-3-4-18(25)21(19(13)26)32-12-17(24)20-16(22(32)34)10-27-23(30-20)29-14-9-28-33(11-14)15-5-7-31(2)8-6-15/h3-4,9-12,15H,5-8H2,1-2H3,(H,27,29,30). The first-order chi connectivity index (χ1) is 16.3. The second kappa shape index (κ2) is 9.30. The minimum absolute atomic E-state index is 0.311. The number of piperidine rings is 1. The summed E-state index contributed by atoms with van der Waals surface area (Å²) in [6, 6.07) is 3.92. The molecule has 0 radical (unpaired) electrons. The van der Waals surface area contributed by atoms with Gasteiger partial charge in [0.25, 0.3) is 5.56 Å². The molecule has 1 N–H and O–H groups in total. The van der Waals surface area contributed by atoms with Gasteiger partial charge in [0.2, 0.25) is 5.95 Å². The summed E-state index contributed by atoms with van der Waals surface area (Å²) in [5.41, 5.74) is 2.22. The van der Waals surface area contributed by atoms with E-state index in [9.17, 15) is 4.79 Å². The highest BCUT2D eigenvalue weighted by molar-refractivity contribution is 9.10. The van der Waals surface area contributed by atoms with Gasteiger partial charge in [-0.3, -0.25) is 14.0 Å². The summed E-state index contributed by atoms with van der Waals surface area (Å²) in [5, 5.41) is 8.85. The van der Waals surface area contributed by atoms with Gasteiger partial charge in [-0.15, -0.1) is 0 Å². The molecule has 4 aromatic rings. The Morgan fingerprint density at radius 3 is 2.68 bits per heavy atom. The number of likely N-dealkylation sites (tertiary alicyclic amines) is 1. The van der Waals surface area contributed by atoms with Crippen molar-refractivity contribution in [2.45, 2.75) is 25.8 Å². The van der Waals surface area contributed by atoms with Gasteiger partial charge in [-0.2, -0.15) is 5.10 Å². The number of hydrogen-bond donors (Lipinski definition) is 1. The van der Waals surface area contributed by atoms with Crippen molar-refractivity contribution in [1.29, 1.82) is 0 Å². The molecule has 5 rings (SSSR count). The Morgan fingerprint density at radius 2 is 1.91 bits per heavy atom. The fraction of sp³-hybridized carbons (Fsp3) is 0.304. The van der Waals surface area contributed by atoms with Crippen molar-refractivity contribution in [2.75, 3.05) is 25.5 Å². The number of fused-ring (bicyclic) bond motifs is 1. The number of nitrogens with one attached hydrogen (secondary N) is 1. The third kappa shape index (κ3) is 4.33. The van der Waals surface area contributed by atoms with Crippen LogP contribution in [0, 0.1) is 6.92 Å². The third-order valence-corrected chi connectivity index (χ3v) is 7.49. The zero-order valence-electron chi connectivity index (χ0n) is 18.6. The minimum atomic E-state index is -0.311. The van der Waals surface area contributed by atoms with Gasteiger partial charge >= 0.3 is 0 Å². The van der Waals surface area contributed by atoms with Gasteiger partial charge in [0.1, 0.15) is 0 Å². The summed E-state index contributed by atoms with van der Waals surface area (Å²) < 4.78 is 4.04. The van der Waals surface area contributed by atoms with E-state index < -0.39 is 0 Å². The number of hydrogen-bond acceptors (Lipinski definition) is 6. The van der Waals surface area contributed by atoms with Crippen LogP contribution >= 0.6 is 39.1 Å². The Morgan fingerprint density at radius 1 is 1.15 bits per heavy atom. The van der Waals surface area contributed by atoms with E-state index >= 15 is 0 Å². The second-order valence-electron chi connectivity index (χ2n) is 8.50. The molecule has 0 atom stereocenters. The average molecular weight is 563 g/mol. The minimum Gasteiger partial charge on any atom is -0.321 e. The van der Waals surface area contributed by atoms with Crippen molar-refractivity contribution in [1.82, 2.24) is 29.2 Å². The summed E-state index contributed by atoms with van der Waals surface area (Å²) in [4.78, 5) is 24.5. The maximum absolute atomic E-state index is 13.3. The quantitative estimate of drug-likeness (QED) is 0.360. The van der Waals surface area contributed by atoms with Gasteiger partial charge in [0.05, 0.1) is 49.0 Å². The lowest BCUT2D eigenvalue weighted by molar-refractivity contribution is 0.212. The molecule has 1 aliphatic rings. The van der Waals surface area contributed by atoms with E-state index in [1.54, 1.807) is 18.5 Å². The van der Waals surface area contributed by atoms with Crippen LogP contribution in [0.2, 0.25) is 10.0 Å². The number of aryl methyl sites for hydroxylation is 1. The summed E-state index contributed by atoms with van der Waals surface area (Å²) in [5.74, 6) is 0.375. The summed E-state index contributed by atoms with van der Waals surface area (Å²) >= 11 is 16.4. The van der Waals surface area contributed by atoms with Crippen molar-refractivity contribution in [3.05, 3.63) is 67.4 Å². The number of aromatic nitrogens is 5. The lowest BCUT2D eigenvalue weighted by atomic mass is 10.1. The van der Waals surface area contributed by atoms with Crippen molar-refractivity contribution >= 4 is 61.7 Å². The molecule has 0 saturated carbocycles. The van der Waals surface area contributed by atoms with Crippen LogP contribution in [0.4, 0.5) is 11.6 Å². The summed E-state index contributed by atoms with van der Waals surface area (Å²) in [6.07, 6.45) is 9.01. The molecule has 0 amide bonds. The fourth-order valence-corrected chi connectivity index (χ4v) is 5.22. The molecule has 0 aliphatic carbocycles. The van der Waals surface area contributed by atoms with Crippen LogP contribution < -0.4 is 10.9 Å². The fourth-order valence-electron chi connectivity index (χ4n) is 4.16. The highest BCUT2D eigenvalue weighted by Gasteiger charge is 2.20. The smallest absolute Gasteiger partial charge is 0.266 e. The molecule has 176 valence electrons. The van der Waals surface area contributed by atoms with Crippen LogP contribution in [0.5, 0.6) is 0 Å². The molecule has 1 saturated heterocycles. The number of nitrogens with zero attached hydrogens (tertiary/aromatic N) is 6. The summed E-state index contributed by atoms with van der Waals surface area (Å²) in [7, 11) is 2.14. The lowest BCUT2D eigenvalue weighted by Crippen LogP contribution is -2.31. The van der Waals surface area contributed by atoms with Crippen molar-refractivity contribution in [2.24, 2.45) is 0 Å². The predicted molar refractivity (Wildman–Crippen MR) is 139 cm³/mol. The molecule has 11 heteroatoms. The number of benzene rings is 1. The average Bonchev–Trinajstić information content (AvgIpc) is 3.28. The molecule has 0 spiro atoms. The topological polar surface area (TPSA) is 80.9 Å². The van der Waals surface area contributed by atoms with Crippen LogP contribution in [0.25, 0.3) is 16.6 Å². The summed E-state index contributed by atoms with van der Waals surface area (Å²) in [6.45, 7) is 3.98. The van der Waals surface area contributed by atoms with Crippen LogP contribution in [0.1, 0.15) is 24.4 Å². The van der Waals surface area contributed by atoms with Gasteiger partial charge < -0.3 is 10.2 Å². The normalized spacial score (nSPS) is 15.2. The van der Waals surface area contributed by atoms with Crippen molar-refractivity contribution < 1.29 is 0 Å². The molecule has 0 bridgehead atoms. The van der Waals surface area contributed by atoms with Gasteiger partial charge in [-0.25, -0.2) is 9.97 Å². The van der Waals surface area contributed by atoms with E-state index in [2.05, 4.69) is 48.3 Å². The highest BCUT2D eigenvalue weighted by atomic mass is 79.9. The van der Waals surface area contributed by atoms with E-state index in [0.717, 1.165) is 37.2 Å². The van der Waals surface area contributed by atoms with Gasteiger partial charge in [0.15, 0.2) is 0 Å². The Bertz CT molecular complexity index is 1440. The molecule has 34 heavy (non-hydrogen) atoms. The zero-order chi connectivity index (χ0) is 24.0. The van der Waals surface area contributed by atoms with Crippen molar-refractivity contribution in [3.63, 3.8) is 0 Å². The predicted octanol–water partition coefficient (Wildman–Crippen LogP) is 5.37. The van der Waals surface area contributed by atoms with E-state index in [0.29, 0.717) is 43.1 Å². The van der Waals surface area contributed by atoms with Crippen LogP contribution in [0.15, 0.2) is 46.2 Å². The molecule has 4 heterocycles. The number of rotatable bonds is 4. The van der Waals surface area contributed by atoms with E-state index in [-0.39, 0.29) is 5.56 Å². The first-order valence-electron chi connectivity index (χ1n) is 10.8. The maximum atomic E-state index is 13.3. The Labute approximate surface area is 214 Å². The van der Waals surface area contributed by atoms with Gasteiger partial charge in [-0.05, 0) is 67.5 Å². The highest BCUT2D eigenvalue weighted by Crippen LogP contribution is 2.32. The SMILES string of the molecule is Cc1ccc(Cl)c(-n2cc(Br)c3nc(Nc4cnn(C5CCN(C)CC5)c4)ncc3c2=O)c1Cl. The van der Waals surface area contributed by atoms with E-state index in [4.69, 9.17) is 23.2 Å². The Kier molecular flexibility index (Phi) is 6.37. The maximum Gasteiger partial charge on any atom is 0.266 e. The molecule has 1 aromatic carbocycles. The first kappa shape index (κ1) is 23.3. The molecule has 0 unspecified atom stereocenters. The Balaban J connectivity index is 1.46. The molecule has 3 aromatic heterocycles. The molecular weight excluding hydrogens is 541 g/mol. The lowest BCUT2D eigenvalue weighted by Gasteiger charge is -2.28. The van der Waals surface area contributed by atoms with Crippen molar-refractivity contribution in [3.8, 4) is 5.69 Å². The molecule has 1 fully saturated rings. The number of pyridine rings is 1. The van der Waals surface area contributed by atoms with E-state index in [1.165, 1.54) is 10.8 Å². The van der Waals surface area contributed by atoms with Crippen LogP contribution in [0.3, 0.4) is 0 Å². The van der Waals surface area contributed by atoms with Crippen LogP contribution in [-0.4, -0.2) is 49.4 Å². The third-order valence-electron chi connectivity index (χ3n) is 6.13.